The third-order valence-electron chi connectivity index (χ3n) is 5.52. The van der Waals surface area contributed by atoms with Gasteiger partial charge in [0.1, 0.15) is 11.4 Å². The van der Waals surface area contributed by atoms with Crippen molar-refractivity contribution in [2.24, 2.45) is 0 Å². The lowest BCUT2D eigenvalue weighted by Gasteiger charge is -2.32. The Labute approximate surface area is 183 Å². The highest BCUT2D eigenvalue weighted by Crippen LogP contribution is 2.34. The Balaban J connectivity index is 0.000000360. The zero-order chi connectivity index (χ0) is 23.4. The van der Waals surface area contributed by atoms with Crippen LogP contribution in [0.3, 0.4) is 0 Å². The SMILES string of the molecule is Cc1noc(C)c1CN1CCOCC2(CCC(Cn3cccn3)O2)C1.O=C(O)C(F)(F)F. The monoisotopic (exact) mass is 460 g/mol. The highest BCUT2D eigenvalue weighted by Gasteiger charge is 2.43. The first-order valence-electron chi connectivity index (χ1n) is 10.3. The molecule has 4 rings (SSSR count). The van der Waals surface area contributed by atoms with Crippen LogP contribution in [-0.2, 0) is 27.4 Å². The number of rotatable bonds is 4. The minimum absolute atomic E-state index is 0.197. The number of nitrogens with zero attached hydrogens (tertiary/aromatic N) is 4. The molecule has 0 radical (unpaired) electrons. The molecule has 0 bridgehead atoms. The smallest absolute Gasteiger partial charge is 0.475 e. The van der Waals surface area contributed by atoms with Crippen molar-refractivity contribution in [1.82, 2.24) is 19.8 Å². The molecular formula is C20H27F3N4O5. The topological polar surface area (TPSA) is 103 Å². The van der Waals surface area contributed by atoms with Gasteiger partial charge < -0.3 is 19.1 Å². The van der Waals surface area contributed by atoms with Gasteiger partial charge in [-0.25, -0.2) is 4.79 Å². The lowest BCUT2D eigenvalue weighted by Crippen LogP contribution is -2.44. The highest BCUT2D eigenvalue weighted by atomic mass is 19.4. The van der Waals surface area contributed by atoms with Crippen molar-refractivity contribution in [3.63, 3.8) is 0 Å². The molecule has 1 spiro atoms. The number of halogens is 3. The van der Waals surface area contributed by atoms with Crippen molar-refractivity contribution in [2.45, 2.75) is 57.7 Å². The number of aryl methyl sites for hydroxylation is 2. The van der Waals surface area contributed by atoms with Crippen LogP contribution in [0.15, 0.2) is 23.0 Å². The summed E-state index contributed by atoms with van der Waals surface area (Å²) in [4.78, 5) is 11.3. The summed E-state index contributed by atoms with van der Waals surface area (Å²) in [6.07, 6.45) is 0.980. The van der Waals surface area contributed by atoms with Gasteiger partial charge in [0.25, 0.3) is 0 Å². The Bertz CT molecular complexity index is 867. The van der Waals surface area contributed by atoms with E-state index in [-0.39, 0.29) is 11.7 Å². The predicted octanol–water partition coefficient (Wildman–Crippen LogP) is 2.57. The Hall–Kier alpha value is -2.44. The predicted molar refractivity (Wildman–Crippen MR) is 105 cm³/mol. The maximum atomic E-state index is 10.6. The largest absolute Gasteiger partial charge is 0.490 e. The van der Waals surface area contributed by atoms with Crippen molar-refractivity contribution in [3.8, 4) is 0 Å². The van der Waals surface area contributed by atoms with Gasteiger partial charge in [-0.1, -0.05) is 5.16 Å². The van der Waals surface area contributed by atoms with Crippen molar-refractivity contribution < 1.29 is 37.1 Å². The highest BCUT2D eigenvalue weighted by molar-refractivity contribution is 5.73. The molecule has 9 nitrogen and oxygen atoms in total. The van der Waals surface area contributed by atoms with Crippen LogP contribution in [-0.4, -0.2) is 75.1 Å². The number of aromatic nitrogens is 3. The Kier molecular flexibility index (Phi) is 7.57. The van der Waals surface area contributed by atoms with E-state index in [0.29, 0.717) is 6.61 Å². The molecule has 2 fully saturated rings. The lowest BCUT2D eigenvalue weighted by molar-refractivity contribution is -0.192. The van der Waals surface area contributed by atoms with E-state index in [4.69, 9.17) is 23.9 Å². The number of ether oxygens (including phenoxy) is 2. The molecule has 0 amide bonds. The average Bonchev–Trinajstić information content (AvgIpc) is 3.40. The second-order valence-electron chi connectivity index (χ2n) is 8.06. The first-order chi connectivity index (χ1) is 15.1. The Morgan fingerprint density at radius 2 is 2.12 bits per heavy atom. The molecular weight excluding hydrogens is 433 g/mol. The van der Waals surface area contributed by atoms with Crippen molar-refractivity contribution in [2.75, 3.05) is 26.3 Å². The molecule has 2 unspecified atom stereocenters. The molecule has 0 aromatic carbocycles. The fourth-order valence-corrected chi connectivity index (χ4v) is 3.93. The second-order valence-corrected chi connectivity index (χ2v) is 8.06. The molecule has 4 heterocycles. The van der Waals surface area contributed by atoms with E-state index in [1.165, 1.54) is 5.56 Å². The van der Waals surface area contributed by atoms with E-state index in [9.17, 15) is 13.2 Å². The van der Waals surface area contributed by atoms with Gasteiger partial charge in [0.2, 0.25) is 0 Å². The first-order valence-corrected chi connectivity index (χ1v) is 10.3. The third kappa shape index (κ3) is 6.30. The van der Waals surface area contributed by atoms with E-state index >= 15 is 0 Å². The van der Waals surface area contributed by atoms with E-state index in [1.54, 1.807) is 0 Å². The van der Waals surface area contributed by atoms with Crippen molar-refractivity contribution >= 4 is 5.97 Å². The zero-order valence-corrected chi connectivity index (χ0v) is 18.0. The fourth-order valence-electron chi connectivity index (χ4n) is 3.93. The minimum atomic E-state index is -5.08. The van der Waals surface area contributed by atoms with E-state index in [1.807, 2.05) is 37.0 Å². The summed E-state index contributed by atoms with van der Waals surface area (Å²) in [6.45, 7) is 8.80. The number of carboxylic acid groups (broad SMARTS) is 1. The second kappa shape index (κ2) is 10.0. The minimum Gasteiger partial charge on any atom is -0.475 e. The summed E-state index contributed by atoms with van der Waals surface area (Å²) in [7, 11) is 0. The molecule has 12 heteroatoms. The molecule has 1 N–H and O–H groups in total. The van der Waals surface area contributed by atoms with Gasteiger partial charge in [0, 0.05) is 37.6 Å². The molecule has 32 heavy (non-hydrogen) atoms. The quantitative estimate of drug-likeness (QED) is 0.743. The maximum absolute atomic E-state index is 10.6. The Morgan fingerprint density at radius 1 is 1.38 bits per heavy atom. The lowest BCUT2D eigenvalue weighted by atomic mass is 9.99. The summed E-state index contributed by atoms with van der Waals surface area (Å²) in [5, 5.41) is 15.5. The van der Waals surface area contributed by atoms with Gasteiger partial charge in [-0.15, -0.1) is 0 Å². The molecule has 2 aliphatic heterocycles. The molecule has 2 aliphatic rings. The summed E-state index contributed by atoms with van der Waals surface area (Å²) in [5.41, 5.74) is 1.94. The number of alkyl halides is 3. The summed E-state index contributed by atoms with van der Waals surface area (Å²) in [6, 6.07) is 1.95. The van der Waals surface area contributed by atoms with Crippen LogP contribution in [0, 0.1) is 13.8 Å². The molecule has 2 saturated heterocycles. The summed E-state index contributed by atoms with van der Waals surface area (Å²) < 4.78 is 51.4. The first kappa shape index (κ1) is 24.2. The van der Waals surface area contributed by atoms with Gasteiger partial charge in [-0.2, -0.15) is 18.3 Å². The maximum Gasteiger partial charge on any atom is 0.490 e. The number of hydrogen-bond acceptors (Lipinski definition) is 7. The molecule has 0 aliphatic carbocycles. The molecule has 2 atom stereocenters. The van der Waals surface area contributed by atoms with Crippen LogP contribution < -0.4 is 0 Å². The average molecular weight is 460 g/mol. The van der Waals surface area contributed by atoms with Gasteiger partial charge in [0.05, 0.1) is 31.6 Å². The van der Waals surface area contributed by atoms with Gasteiger partial charge >= 0.3 is 12.1 Å². The molecule has 2 aromatic rings. The van der Waals surface area contributed by atoms with Gasteiger partial charge in [0.15, 0.2) is 0 Å². The van der Waals surface area contributed by atoms with Crippen LogP contribution in [0.4, 0.5) is 13.2 Å². The normalized spacial score (nSPS) is 24.2. The molecule has 2 aromatic heterocycles. The van der Waals surface area contributed by atoms with Crippen molar-refractivity contribution in [3.05, 3.63) is 35.5 Å². The molecule has 0 saturated carbocycles. The van der Waals surface area contributed by atoms with Crippen molar-refractivity contribution in [1.29, 1.82) is 0 Å². The number of hydrogen-bond donors (Lipinski definition) is 1. The van der Waals surface area contributed by atoms with Crippen LogP contribution in [0.5, 0.6) is 0 Å². The van der Waals surface area contributed by atoms with E-state index in [2.05, 4.69) is 15.2 Å². The number of carbonyl (C=O) groups is 1. The fraction of sp³-hybridized carbons (Fsp3) is 0.650. The Morgan fingerprint density at radius 3 is 2.72 bits per heavy atom. The number of aliphatic carboxylic acids is 1. The van der Waals surface area contributed by atoms with Crippen LogP contribution in [0.25, 0.3) is 0 Å². The van der Waals surface area contributed by atoms with Crippen LogP contribution in [0.2, 0.25) is 0 Å². The van der Waals surface area contributed by atoms with Crippen LogP contribution in [0.1, 0.15) is 29.9 Å². The zero-order valence-electron chi connectivity index (χ0n) is 18.0. The summed E-state index contributed by atoms with van der Waals surface area (Å²) >= 11 is 0. The van der Waals surface area contributed by atoms with Gasteiger partial charge in [-0.3, -0.25) is 9.58 Å². The van der Waals surface area contributed by atoms with Crippen LogP contribution >= 0.6 is 0 Å². The third-order valence-corrected chi connectivity index (χ3v) is 5.52. The molecule has 178 valence electrons. The van der Waals surface area contributed by atoms with E-state index in [0.717, 1.165) is 57.1 Å². The van der Waals surface area contributed by atoms with Gasteiger partial charge in [-0.05, 0) is 32.8 Å². The summed E-state index contributed by atoms with van der Waals surface area (Å²) in [5.74, 6) is -1.85. The standard InChI is InChI=1S/C18H26N4O3.C2HF3O2/c1-14-17(15(2)25-20-14)11-21-8-9-23-13-18(12-21)5-4-16(24-18)10-22-7-3-6-19-22;3-2(4,5)1(6)7/h3,6-7,16H,4-5,8-13H2,1-2H3;(H,6,7). The van der Waals surface area contributed by atoms with E-state index < -0.39 is 12.1 Å². The number of carboxylic acids is 1.